The van der Waals surface area contributed by atoms with Crippen LogP contribution < -0.4 is 0 Å². The van der Waals surface area contributed by atoms with Gasteiger partial charge >= 0.3 is 17.9 Å². The largest absolute Gasteiger partial charge is 0.462 e. The molecule has 0 rings (SSSR count). The maximum absolute atomic E-state index is 12.8. The fourth-order valence-corrected chi connectivity index (χ4v) is 7.60. The van der Waals surface area contributed by atoms with E-state index in [2.05, 4.69) is 81.5 Å². The summed E-state index contributed by atoms with van der Waals surface area (Å²) in [6.45, 7) is 6.58. The van der Waals surface area contributed by atoms with E-state index in [-0.39, 0.29) is 31.1 Å². The maximum Gasteiger partial charge on any atom is 0.306 e. The van der Waals surface area contributed by atoms with Crippen molar-refractivity contribution in [1.82, 2.24) is 0 Å². The summed E-state index contributed by atoms with van der Waals surface area (Å²) < 4.78 is 16.8. The van der Waals surface area contributed by atoms with Crippen molar-refractivity contribution in [2.24, 2.45) is 0 Å². The Labute approximate surface area is 396 Å². The zero-order valence-electron chi connectivity index (χ0n) is 42.3. The molecule has 0 aliphatic rings. The van der Waals surface area contributed by atoms with Gasteiger partial charge in [0.05, 0.1) is 0 Å². The Hall–Kier alpha value is -2.89. The Morgan fingerprint density at radius 2 is 0.562 bits per heavy atom. The Morgan fingerprint density at radius 1 is 0.312 bits per heavy atom. The second-order valence-corrected chi connectivity index (χ2v) is 18.1. The minimum Gasteiger partial charge on any atom is -0.462 e. The maximum atomic E-state index is 12.8. The molecule has 0 aliphatic carbocycles. The Balaban J connectivity index is 4.41. The fourth-order valence-electron chi connectivity index (χ4n) is 7.60. The lowest BCUT2D eigenvalue weighted by atomic mass is 10.0. The van der Waals surface area contributed by atoms with Crippen LogP contribution in [0.2, 0.25) is 0 Å². The van der Waals surface area contributed by atoms with Crippen molar-refractivity contribution < 1.29 is 28.6 Å². The van der Waals surface area contributed by atoms with Gasteiger partial charge in [-0.1, -0.05) is 223 Å². The van der Waals surface area contributed by atoms with E-state index in [1.807, 2.05) is 0 Å². The highest BCUT2D eigenvalue weighted by Gasteiger charge is 2.19. The molecule has 6 heteroatoms. The number of ether oxygens (including phenoxy) is 3. The number of carbonyl (C=O) groups is 3. The van der Waals surface area contributed by atoms with Crippen LogP contribution in [0.15, 0.2) is 60.8 Å². The first-order valence-corrected chi connectivity index (χ1v) is 27.3. The lowest BCUT2D eigenvalue weighted by molar-refractivity contribution is -0.167. The number of carbonyl (C=O) groups excluding carboxylic acids is 3. The quantitative estimate of drug-likeness (QED) is 0.0262. The Bertz CT molecular complexity index is 1170. The van der Waals surface area contributed by atoms with Gasteiger partial charge in [0, 0.05) is 19.3 Å². The van der Waals surface area contributed by atoms with Gasteiger partial charge in [0.15, 0.2) is 6.10 Å². The molecule has 0 saturated carbocycles. The lowest BCUT2D eigenvalue weighted by Crippen LogP contribution is -2.30. The molecular weight excluding hydrogens is 793 g/mol. The zero-order valence-corrected chi connectivity index (χ0v) is 42.3. The molecular formula is C58H102O6. The average Bonchev–Trinajstić information content (AvgIpc) is 3.29. The number of esters is 3. The molecule has 0 fully saturated rings. The molecule has 0 amide bonds. The van der Waals surface area contributed by atoms with Crippen molar-refractivity contribution in [3.63, 3.8) is 0 Å². The van der Waals surface area contributed by atoms with Gasteiger partial charge < -0.3 is 14.2 Å². The second kappa shape index (κ2) is 52.7. The molecule has 64 heavy (non-hydrogen) atoms. The SMILES string of the molecule is CCCCC/C=C\C/C=C\C/C=C\C/C=C\CCCCCC(=O)OC[C@H](COC(=O)CCCCCCC/C=C\CCCCCCCC)OC(=O)CCCCCCCCCCCCCC. The molecule has 0 N–H and O–H groups in total. The molecule has 0 saturated heterocycles. The third-order valence-corrected chi connectivity index (χ3v) is 11.7. The van der Waals surface area contributed by atoms with Gasteiger partial charge in [0.2, 0.25) is 0 Å². The van der Waals surface area contributed by atoms with E-state index in [9.17, 15) is 14.4 Å². The van der Waals surface area contributed by atoms with Crippen LogP contribution in [0.25, 0.3) is 0 Å². The predicted octanol–water partition coefficient (Wildman–Crippen LogP) is 18.0. The summed E-state index contributed by atoms with van der Waals surface area (Å²) in [6, 6.07) is 0. The van der Waals surface area contributed by atoms with Gasteiger partial charge in [-0.05, 0) is 89.9 Å². The van der Waals surface area contributed by atoms with Crippen LogP contribution >= 0.6 is 0 Å². The van der Waals surface area contributed by atoms with Crippen LogP contribution in [0.5, 0.6) is 0 Å². The molecule has 0 aromatic carbocycles. The van der Waals surface area contributed by atoms with E-state index < -0.39 is 6.10 Å². The first kappa shape index (κ1) is 61.1. The summed E-state index contributed by atoms with van der Waals surface area (Å²) in [6.07, 6.45) is 64.9. The molecule has 0 aliphatic heterocycles. The van der Waals surface area contributed by atoms with Crippen LogP contribution in [-0.4, -0.2) is 37.2 Å². The molecule has 0 unspecified atom stereocenters. The highest BCUT2D eigenvalue weighted by molar-refractivity contribution is 5.71. The summed E-state index contributed by atoms with van der Waals surface area (Å²) in [5, 5.41) is 0. The number of hydrogen-bond donors (Lipinski definition) is 0. The van der Waals surface area contributed by atoms with Crippen molar-refractivity contribution in [3.8, 4) is 0 Å². The van der Waals surface area contributed by atoms with Crippen molar-refractivity contribution in [2.45, 2.75) is 277 Å². The number of rotatable bonds is 49. The van der Waals surface area contributed by atoms with Crippen LogP contribution in [0.3, 0.4) is 0 Å². The highest BCUT2D eigenvalue weighted by Crippen LogP contribution is 2.15. The van der Waals surface area contributed by atoms with E-state index >= 15 is 0 Å². The molecule has 1 atom stereocenters. The van der Waals surface area contributed by atoms with Gasteiger partial charge in [0.1, 0.15) is 13.2 Å². The zero-order chi connectivity index (χ0) is 46.5. The first-order valence-electron chi connectivity index (χ1n) is 27.3. The normalized spacial score (nSPS) is 12.5. The first-order chi connectivity index (χ1) is 31.5. The molecule has 6 nitrogen and oxygen atoms in total. The van der Waals surface area contributed by atoms with Gasteiger partial charge in [-0.25, -0.2) is 0 Å². The minimum atomic E-state index is -0.788. The smallest absolute Gasteiger partial charge is 0.306 e. The Morgan fingerprint density at radius 3 is 0.938 bits per heavy atom. The summed E-state index contributed by atoms with van der Waals surface area (Å²) >= 11 is 0. The molecule has 0 aromatic rings. The number of hydrogen-bond acceptors (Lipinski definition) is 6. The summed E-state index contributed by atoms with van der Waals surface area (Å²) in [5.74, 6) is -0.919. The van der Waals surface area contributed by atoms with Crippen molar-refractivity contribution in [1.29, 1.82) is 0 Å². The van der Waals surface area contributed by atoms with E-state index in [0.29, 0.717) is 19.3 Å². The predicted molar refractivity (Wildman–Crippen MR) is 275 cm³/mol. The van der Waals surface area contributed by atoms with Crippen LogP contribution in [-0.2, 0) is 28.6 Å². The van der Waals surface area contributed by atoms with Crippen LogP contribution in [0, 0.1) is 0 Å². The fraction of sp³-hybridized carbons (Fsp3) is 0.776. The van der Waals surface area contributed by atoms with Crippen LogP contribution in [0.4, 0.5) is 0 Å². The van der Waals surface area contributed by atoms with E-state index in [1.165, 1.54) is 141 Å². The summed E-state index contributed by atoms with van der Waals surface area (Å²) in [7, 11) is 0. The third-order valence-electron chi connectivity index (χ3n) is 11.7. The number of unbranched alkanes of at least 4 members (excludes halogenated alkanes) is 28. The van der Waals surface area contributed by atoms with E-state index in [4.69, 9.17) is 14.2 Å². The average molecular weight is 895 g/mol. The van der Waals surface area contributed by atoms with Gasteiger partial charge in [-0.3, -0.25) is 14.4 Å². The molecule has 0 spiro atoms. The third kappa shape index (κ3) is 50.1. The van der Waals surface area contributed by atoms with Crippen molar-refractivity contribution in [2.75, 3.05) is 13.2 Å². The molecule has 0 heterocycles. The lowest BCUT2D eigenvalue weighted by Gasteiger charge is -2.18. The van der Waals surface area contributed by atoms with Gasteiger partial charge in [-0.15, -0.1) is 0 Å². The topological polar surface area (TPSA) is 78.9 Å². The Kier molecular flexibility index (Phi) is 50.4. The summed E-state index contributed by atoms with van der Waals surface area (Å²) in [4.78, 5) is 38.0. The van der Waals surface area contributed by atoms with Gasteiger partial charge in [0.25, 0.3) is 0 Å². The van der Waals surface area contributed by atoms with Crippen molar-refractivity contribution >= 4 is 17.9 Å². The highest BCUT2D eigenvalue weighted by atomic mass is 16.6. The van der Waals surface area contributed by atoms with E-state index in [1.54, 1.807) is 0 Å². The second-order valence-electron chi connectivity index (χ2n) is 18.1. The minimum absolute atomic E-state index is 0.0869. The molecule has 0 aromatic heterocycles. The molecule has 0 bridgehead atoms. The van der Waals surface area contributed by atoms with Gasteiger partial charge in [-0.2, -0.15) is 0 Å². The summed E-state index contributed by atoms with van der Waals surface area (Å²) in [5.41, 5.74) is 0. The standard InChI is InChI=1S/C58H102O6/c1-4-7-10-13-16-19-22-25-27-28-29-30-32-34-37-39-42-45-48-51-57(60)63-54-55(64-58(61)52-49-46-43-40-35-24-21-18-15-12-9-6-3)53-62-56(59)50-47-44-41-38-36-33-31-26-23-20-17-14-11-8-5-2/h16,19,25-27,29-31,34,37,55H,4-15,17-18,20-24,28,32-33,35-36,38-54H2,1-3H3/b19-16-,27-25-,30-29-,31-26-,37-34-/t55-/m0/s1. The number of allylic oxidation sites excluding steroid dienone is 10. The van der Waals surface area contributed by atoms with Crippen molar-refractivity contribution in [3.05, 3.63) is 60.8 Å². The van der Waals surface area contributed by atoms with E-state index in [0.717, 1.165) is 89.9 Å². The molecule has 370 valence electrons. The monoisotopic (exact) mass is 895 g/mol. The molecule has 0 radical (unpaired) electrons. The van der Waals surface area contributed by atoms with Crippen LogP contribution in [0.1, 0.15) is 271 Å².